The Morgan fingerprint density at radius 3 is 2.83 bits per heavy atom. The van der Waals surface area contributed by atoms with E-state index in [1.54, 1.807) is 12.1 Å². The Morgan fingerprint density at radius 2 is 2.11 bits per heavy atom. The van der Waals surface area contributed by atoms with Gasteiger partial charge in [-0.15, -0.1) is 0 Å². The molecule has 100 valence electrons. The predicted octanol–water partition coefficient (Wildman–Crippen LogP) is 3.37. The lowest BCUT2D eigenvalue weighted by atomic mass is 9.78. The van der Waals surface area contributed by atoms with E-state index in [4.69, 9.17) is 11.6 Å². The highest BCUT2D eigenvalue weighted by atomic mass is 35.5. The number of benzene rings is 1. The summed E-state index contributed by atoms with van der Waals surface area (Å²) in [6.07, 6.45) is 3.85. The number of hydrogen-bond acceptors (Lipinski definition) is 0. The van der Waals surface area contributed by atoms with Crippen LogP contribution in [0.1, 0.15) is 38.7 Å². The topological polar surface area (TPSA) is 16.6 Å². The smallest absolute Gasteiger partial charge is 0.133 e. The van der Waals surface area contributed by atoms with Crippen LogP contribution in [0, 0.1) is 17.7 Å². The third kappa shape index (κ3) is 3.04. The highest BCUT2D eigenvalue weighted by molar-refractivity contribution is 6.31. The van der Waals surface area contributed by atoms with Crippen molar-refractivity contribution in [2.24, 2.45) is 11.8 Å². The summed E-state index contributed by atoms with van der Waals surface area (Å²) in [7, 11) is 0. The average molecular weight is 271 g/mol. The van der Waals surface area contributed by atoms with E-state index in [0.717, 1.165) is 5.92 Å². The van der Waals surface area contributed by atoms with Crippen LogP contribution < -0.4 is 5.32 Å². The van der Waals surface area contributed by atoms with Crippen molar-refractivity contribution in [3.63, 3.8) is 0 Å². The summed E-state index contributed by atoms with van der Waals surface area (Å²) in [5.41, 5.74) is 0.643. The zero-order chi connectivity index (χ0) is 13.1. The fourth-order valence-electron chi connectivity index (χ4n) is 2.95. The van der Waals surface area contributed by atoms with Gasteiger partial charge in [-0.1, -0.05) is 31.5 Å². The van der Waals surface area contributed by atoms with Crippen molar-refractivity contribution in [1.82, 2.24) is 0 Å². The van der Waals surface area contributed by atoms with Crippen LogP contribution in [0.4, 0.5) is 4.39 Å². The van der Waals surface area contributed by atoms with Gasteiger partial charge in [-0.2, -0.15) is 0 Å². The zero-order valence-electron chi connectivity index (χ0n) is 11.1. The fraction of sp³-hybridized carbons (Fsp3) is 0.600. The summed E-state index contributed by atoms with van der Waals surface area (Å²) in [6.45, 7) is 5.28. The van der Waals surface area contributed by atoms with Gasteiger partial charge < -0.3 is 5.32 Å². The summed E-state index contributed by atoms with van der Waals surface area (Å²) in [4.78, 5) is 0. The largest absolute Gasteiger partial charge is 0.340 e. The summed E-state index contributed by atoms with van der Waals surface area (Å²) >= 11 is 6.05. The van der Waals surface area contributed by atoms with Crippen LogP contribution in [-0.2, 0) is 6.54 Å². The van der Waals surface area contributed by atoms with E-state index < -0.39 is 0 Å². The highest BCUT2D eigenvalue weighted by Gasteiger charge is 2.29. The van der Waals surface area contributed by atoms with Gasteiger partial charge in [-0.05, 0) is 37.3 Å². The molecule has 0 radical (unpaired) electrons. The van der Waals surface area contributed by atoms with Gasteiger partial charge in [-0.25, -0.2) is 4.39 Å². The minimum atomic E-state index is -0.185. The van der Waals surface area contributed by atoms with Gasteiger partial charge in [0, 0.05) is 5.92 Å². The van der Waals surface area contributed by atoms with E-state index in [1.165, 1.54) is 25.3 Å². The molecular weight excluding hydrogens is 249 g/mol. The number of halogens is 2. The van der Waals surface area contributed by atoms with Crippen LogP contribution in [0.2, 0.25) is 5.02 Å². The molecule has 0 heterocycles. The maximum atomic E-state index is 13.7. The Balaban J connectivity index is 1.99. The highest BCUT2D eigenvalue weighted by Crippen LogP contribution is 2.27. The van der Waals surface area contributed by atoms with E-state index >= 15 is 0 Å². The first-order valence-electron chi connectivity index (χ1n) is 6.85. The predicted molar refractivity (Wildman–Crippen MR) is 73.0 cm³/mol. The molecule has 2 N–H and O–H groups in total. The van der Waals surface area contributed by atoms with Crippen LogP contribution in [0.15, 0.2) is 18.2 Å². The second-order valence-electron chi connectivity index (χ2n) is 5.57. The number of nitrogens with two attached hydrogens (primary N) is 1. The third-order valence-electron chi connectivity index (χ3n) is 4.46. The fourth-order valence-corrected chi connectivity index (χ4v) is 3.19. The van der Waals surface area contributed by atoms with Crippen molar-refractivity contribution in [2.75, 3.05) is 0 Å². The molecule has 1 aromatic rings. The first-order valence-corrected chi connectivity index (χ1v) is 7.23. The summed E-state index contributed by atoms with van der Waals surface area (Å²) in [6, 6.07) is 5.51. The molecule has 0 amide bonds. The normalized spacial score (nSPS) is 28.3. The van der Waals surface area contributed by atoms with E-state index in [2.05, 4.69) is 19.2 Å². The van der Waals surface area contributed by atoms with Crippen LogP contribution >= 0.6 is 11.6 Å². The molecule has 0 aromatic heterocycles. The quantitative estimate of drug-likeness (QED) is 0.867. The van der Waals surface area contributed by atoms with Crippen molar-refractivity contribution in [1.29, 1.82) is 0 Å². The molecule has 0 unspecified atom stereocenters. The van der Waals surface area contributed by atoms with Gasteiger partial charge in [-0.3, -0.25) is 0 Å². The van der Waals surface area contributed by atoms with E-state index in [-0.39, 0.29) is 5.82 Å². The molecule has 0 bridgehead atoms. The monoisotopic (exact) mass is 270 g/mol. The lowest BCUT2D eigenvalue weighted by Crippen LogP contribution is -2.90. The maximum Gasteiger partial charge on any atom is 0.133 e. The molecule has 1 aliphatic carbocycles. The van der Waals surface area contributed by atoms with Gasteiger partial charge >= 0.3 is 0 Å². The Morgan fingerprint density at radius 1 is 1.33 bits per heavy atom. The Hall–Kier alpha value is -0.600. The number of hydrogen-bond donors (Lipinski definition) is 1. The van der Waals surface area contributed by atoms with Crippen molar-refractivity contribution in [3.05, 3.63) is 34.6 Å². The van der Waals surface area contributed by atoms with Gasteiger partial charge in [0.1, 0.15) is 12.4 Å². The van der Waals surface area contributed by atoms with Crippen LogP contribution in [0.5, 0.6) is 0 Å². The van der Waals surface area contributed by atoms with E-state index in [9.17, 15) is 4.39 Å². The Bertz CT molecular complexity index is 387. The third-order valence-corrected chi connectivity index (χ3v) is 4.81. The summed E-state index contributed by atoms with van der Waals surface area (Å²) < 4.78 is 13.7. The molecule has 3 heteroatoms. The molecule has 1 aliphatic rings. The minimum Gasteiger partial charge on any atom is -0.340 e. The Kier molecular flexibility index (Phi) is 4.63. The van der Waals surface area contributed by atoms with Gasteiger partial charge in [0.2, 0.25) is 0 Å². The molecule has 0 aliphatic heterocycles. The van der Waals surface area contributed by atoms with Crippen molar-refractivity contribution in [3.8, 4) is 0 Å². The second kappa shape index (κ2) is 6.03. The maximum absolute atomic E-state index is 13.7. The molecule has 1 nitrogen and oxygen atoms in total. The zero-order valence-corrected chi connectivity index (χ0v) is 11.9. The molecule has 1 fully saturated rings. The molecule has 0 saturated heterocycles. The lowest BCUT2D eigenvalue weighted by molar-refractivity contribution is -0.713. The van der Waals surface area contributed by atoms with Crippen molar-refractivity contribution >= 4 is 11.6 Å². The molecule has 2 rings (SSSR count). The minimum absolute atomic E-state index is 0.185. The van der Waals surface area contributed by atoms with Crippen LogP contribution in [0.3, 0.4) is 0 Å². The van der Waals surface area contributed by atoms with Crippen LogP contribution in [-0.4, -0.2) is 6.04 Å². The van der Waals surface area contributed by atoms with Crippen LogP contribution in [0.25, 0.3) is 0 Å². The van der Waals surface area contributed by atoms with Crippen molar-refractivity contribution < 1.29 is 9.71 Å². The SMILES string of the molecule is C[C@@H]1[C@H](C)CCC[C@H]1[NH2+]Cc1c(F)cccc1Cl. The molecule has 3 atom stereocenters. The number of rotatable bonds is 3. The lowest BCUT2D eigenvalue weighted by Gasteiger charge is -2.32. The summed E-state index contributed by atoms with van der Waals surface area (Å²) in [5.74, 6) is 1.29. The standard InChI is InChI=1S/C15H21ClFN/c1-10-5-3-8-15(11(10)2)18-9-12-13(16)6-4-7-14(12)17/h4,6-7,10-11,15,18H,3,5,8-9H2,1-2H3/p+1/t10-,11-,15-/m1/s1. The first-order chi connectivity index (χ1) is 8.59. The second-order valence-corrected chi connectivity index (χ2v) is 5.98. The number of quaternary nitrogens is 1. The molecule has 1 aromatic carbocycles. The van der Waals surface area contributed by atoms with Gasteiger partial charge in [0.25, 0.3) is 0 Å². The molecule has 0 spiro atoms. The Labute approximate surface area is 114 Å². The molecule has 1 saturated carbocycles. The average Bonchev–Trinajstić information content (AvgIpc) is 2.33. The van der Waals surface area contributed by atoms with Crippen molar-refractivity contribution in [2.45, 2.75) is 45.7 Å². The van der Waals surface area contributed by atoms with Gasteiger partial charge in [0.05, 0.1) is 16.6 Å². The van der Waals surface area contributed by atoms with E-state index in [0.29, 0.717) is 29.1 Å². The first kappa shape index (κ1) is 13.8. The van der Waals surface area contributed by atoms with Gasteiger partial charge in [0.15, 0.2) is 0 Å². The molecule has 18 heavy (non-hydrogen) atoms. The summed E-state index contributed by atoms with van der Waals surface area (Å²) in [5, 5.41) is 2.81. The van der Waals surface area contributed by atoms with E-state index in [1.807, 2.05) is 0 Å². The molecular formula is C15H22ClFN+.